The van der Waals surface area contributed by atoms with Gasteiger partial charge in [-0.1, -0.05) is 0 Å². The summed E-state index contributed by atoms with van der Waals surface area (Å²) in [5.74, 6) is -0.126. The molecule has 7 nitrogen and oxygen atoms in total. The van der Waals surface area contributed by atoms with Crippen LogP contribution in [0.3, 0.4) is 0 Å². The minimum Gasteiger partial charge on any atom is -0.381 e. The van der Waals surface area contributed by atoms with E-state index in [-0.39, 0.29) is 23.7 Å². The Morgan fingerprint density at radius 2 is 1.96 bits per heavy atom. The number of carbonyl (C=O) groups excluding carboxylic acids is 1. The van der Waals surface area contributed by atoms with Crippen molar-refractivity contribution < 1.29 is 14.3 Å². The van der Waals surface area contributed by atoms with Gasteiger partial charge in [0.25, 0.3) is 5.91 Å². The van der Waals surface area contributed by atoms with E-state index in [0.29, 0.717) is 12.2 Å². The maximum atomic E-state index is 12.7. The van der Waals surface area contributed by atoms with Crippen LogP contribution >= 0.6 is 0 Å². The molecule has 2 saturated heterocycles. The van der Waals surface area contributed by atoms with E-state index in [9.17, 15) is 4.79 Å². The molecule has 3 rings (SSSR count). The van der Waals surface area contributed by atoms with E-state index in [1.807, 2.05) is 12.1 Å². The van der Waals surface area contributed by atoms with Gasteiger partial charge in [0.2, 0.25) is 0 Å². The lowest BCUT2D eigenvalue weighted by atomic mass is 9.88. The topological polar surface area (TPSA) is 66.9 Å². The Hall–Kier alpha value is -1.70. The van der Waals surface area contributed by atoms with Gasteiger partial charge < -0.3 is 24.6 Å². The number of pyridine rings is 1. The summed E-state index contributed by atoms with van der Waals surface area (Å²) in [7, 11) is 4.13. The van der Waals surface area contributed by atoms with Crippen LogP contribution in [0.25, 0.3) is 0 Å². The summed E-state index contributed by atoms with van der Waals surface area (Å²) < 4.78 is 11.3. The quantitative estimate of drug-likeness (QED) is 0.841. The van der Waals surface area contributed by atoms with Crippen molar-refractivity contribution in [1.82, 2.24) is 15.2 Å². The number of hydrogen-bond acceptors (Lipinski definition) is 6. The summed E-state index contributed by atoms with van der Waals surface area (Å²) in [6.07, 6.45) is 3.89. The first-order chi connectivity index (χ1) is 12.9. The van der Waals surface area contributed by atoms with E-state index in [1.54, 1.807) is 6.20 Å². The number of carbonyl (C=O) groups is 1. The molecule has 150 valence electrons. The number of aromatic nitrogens is 1. The zero-order valence-corrected chi connectivity index (χ0v) is 16.9. The molecule has 2 atom stereocenters. The molecule has 0 unspecified atom stereocenters. The van der Waals surface area contributed by atoms with E-state index in [2.05, 4.69) is 48.0 Å². The van der Waals surface area contributed by atoms with Crippen LogP contribution in [-0.4, -0.2) is 80.5 Å². The number of likely N-dealkylation sites (N-methyl/N-ethyl adjacent to an activating group) is 1. The number of ether oxygens (including phenoxy) is 2. The Labute approximate surface area is 162 Å². The monoisotopic (exact) mass is 376 g/mol. The first-order valence-electron chi connectivity index (χ1n) is 9.79. The molecule has 1 N–H and O–H groups in total. The summed E-state index contributed by atoms with van der Waals surface area (Å²) in [6.45, 7) is 7.85. The lowest BCUT2D eigenvalue weighted by molar-refractivity contribution is -0.00663. The maximum Gasteiger partial charge on any atom is 0.270 e. The van der Waals surface area contributed by atoms with Crippen molar-refractivity contribution in [2.75, 3.05) is 51.8 Å². The van der Waals surface area contributed by atoms with E-state index >= 15 is 0 Å². The van der Waals surface area contributed by atoms with Gasteiger partial charge in [-0.2, -0.15) is 0 Å². The second kappa shape index (κ2) is 8.54. The fraction of sp³-hybridized carbons (Fsp3) is 0.700. The molecule has 7 heteroatoms. The third-order valence-electron chi connectivity index (χ3n) is 5.71. The van der Waals surface area contributed by atoms with Gasteiger partial charge in [-0.3, -0.25) is 9.78 Å². The fourth-order valence-corrected chi connectivity index (χ4v) is 4.00. The number of nitrogens with one attached hydrogen (secondary N) is 1. The third kappa shape index (κ3) is 4.78. The van der Waals surface area contributed by atoms with Crippen LogP contribution in [0.2, 0.25) is 0 Å². The number of amides is 1. The molecule has 0 spiro atoms. The van der Waals surface area contributed by atoms with Crippen molar-refractivity contribution in [3.05, 3.63) is 24.0 Å². The molecule has 2 aliphatic rings. The Kier molecular flexibility index (Phi) is 6.34. The van der Waals surface area contributed by atoms with Crippen molar-refractivity contribution in [1.29, 1.82) is 0 Å². The first kappa shape index (κ1) is 20.0. The standard InChI is InChI=1S/C20H32N4O3/c1-15-12-24(13-16(2)27-15)17-5-8-21-18(11-17)19(25)22-14-20(23(3)4)6-9-26-10-7-20/h5,8,11,15-16H,6-7,9-10,12-14H2,1-4H3,(H,22,25)/t15-,16-/m1/s1. The molecule has 27 heavy (non-hydrogen) atoms. The Bertz CT molecular complexity index is 636. The van der Waals surface area contributed by atoms with Crippen LogP contribution in [0, 0.1) is 0 Å². The van der Waals surface area contributed by atoms with Crippen LogP contribution in [0.1, 0.15) is 37.2 Å². The van der Waals surface area contributed by atoms with Crippen molar-refractivity contribution in [2.45, 2.75) is 44.4 Å². The normalized spacial score (nSPS) is 25.4. The highest BCUT2D eigenvalue weighted by Gasteiger charge is 2.35. The van der Waals surface area contributed by atoms with E-state index in [1.165, 1.54) is 0 Å². The van der Waals surface area contributed by atoms with Crippen molar-refractivity contribution >= 4 is 11.6 Å². The largest absolute Gasteiger partial charge is 0.381 e. The Balaban J connectivity index is 1.66. The van der Waals surface area contributed by atoms with Gasteiger partial charge in [0.05, 0.1) is 12.2 Å². The number of hydrogen-bond donors (Lipinski definition) is 1. The lowest BCUT2D eigenvalue weighted by Crippen LogP contribution is -2.55. The number of nitrogens with zero attached hydrogens (tertiary/aromatic N) is 3. The molecule has 1 aromatic rings. The van der Waals surface area contributed by atoms with Crippen molar-refractivity contribution in [3.8, 4) is 0 Å². The van der Waals surface area contributed by atoms with Crippen LogP contribution in [-0.2, 0) is 9.47 Å². The summed E-state index contributed by atoms with van der Waals surface area (Å²) >= 11 is 0. The predicted octanol–water partition coefficient (Wildman–Crippen LogP) is 1.54. The molecule has 2 fully saturated rings. The molecule has 1 aromatic heterocycles. The van der Waals surface area contributed by atoms with E-state index in [0.717, 1.165) is 44.8 Å². The summed E-state index contributed by atoms with van der Waals surface area (Å²) in [4.78, 5) is 21.5. The molecular formula is C20H32N4O3. The summed E-state index contributed by atoms with van der Waals surface area (Å²) in [5.41, 5.74) is 1.42. The van der Waals surface area contributed by atoms with Gasteiger partial charge in [0, 0.05) is 50.3 Å². The number of rotatable bonds is 5. The molecule has 3 heterocycles. The average molecular weight is 377 g/mol. The highest BCUT2D eigenvalue weighted by molar-refractivity contribution is 5.93. The molecule has 0 radical (unpaired) electrons. The lowest BCUT2D eigenvalue weighted by Gasteiger charge is -2.42. The molecule has 0 aliphatic carbocycles. The highest BCUT2D eigenvalue weighted by Crippen LogP contribution is 2.25. The van der Waals surface area contributed by atoms with Gasteiger partial charge in [-0.25, -0.2) is 0 Å². The van der Waals surface area contributed by atoms with Crippen molar-refractivity contribution in [2.24, 2.45) is 0 Å². The minimum absolute atomic E-state index is 0.0550. The summed E-state index contributed by atoms with van der Waals surface area (Å²) in [6, 6.07) is 3.84. The molecule has 0 saturated carbocycles. The Morgan fingerprint density at radius 3 is 2.59 bits per heavy atom. The van der Waals surface area contributed by atoms with Crippen LogP contribution in [0.5, 0.6) is 0 Å². The van der Waals surface area contributed by atoms with Gasteiger partial charge in [-0.05, 0) is 52.9 Å². The van der Waals surface area contributed by atoms with Gasteiger partial charge in [0.1, 0.15) is 5.69 Å². The SMILES string of the molecule is C[C@@H]1CN(c2ccnc(C(=O)NCC3(N(C)C)CCOCC3)c2)C[C@@H](C)O1. The molecule has 2 aliphatic heterocycles. The zero-order valence-electron chi connectivity index (χ0n) is 16.9. The second-order valence-corrected chi connectivity index (χ2v) is 7.98. The molecule has 0 bridgehead atoms. The third-order valence-corrected chi connectivity index (χ3v) is 5.71. The number of anilines is 1. The Morgan fingerprint density at radius 1 is 1.30 bits per heavy atom. The van der Waals surface area contributed by atoms with Gasteiger partial charge >= 0.3 is 0 Å². The van der Waals surface area contributed by atoms with Crippen LogP contribution < -0.4 is 10.2 Å². The van der Waals surface area contributed by atoms with Crippen LogP contribution in [0.4, 0.5) is 5.69 Å². The molecular weight excluding hydrogens is 344 g/mol. The maximum absolute atomic E-state index is 12.7. The second-order valence-electron chi connectivity index (χ2n) is 7.98. The highest BCUT2D eigenvalue weighted by atomic mass is 16.5. The van der Waals surface area contributed by atoms with Gasteiger partial charge in [-0.15, -0.1) is 0 Å². The van der Waals surface area contributed by atoms with Crippen molar-refractivity contribution in [3.63, 3.8) is 0 Å². The zero-order chi connectivity index (χ0) is 19.4. The predicted molar refractivity (Wildman–Crippen MR) is 105 cm³/mol. The molecule has 0 aromatic carbocycles. The molecule has 1 amide bonds. The fourth-order valence-electron chi connectivity index (χ4n) is 4.00. The minimum atomic E-state index is -0.126. The first-order valence-corrected chi connectivity index (χ1v) is 9.79. The van der Waals surface area contributed by atoms with Crippen LogP contribution in [0.15, 0.2) is 18.3 Å². The van der Waals surface area contributed by atoms with Gasteiger partial charge in [0.15, 0.2) is 0 Å². The van der Waals surface area contributed by atoms with E-state index in [4.69, 9.17) is 9.47 Å². The summed E-state index contributed by atoms with van der Waals surface area (Å²) in [5, 5.41) is 3.10. The average Bonchev–Trinajstić information content (AvgIpc) is 2.66. The number of morpholine rings is 1. The smallest absolute Gasteiger partial charge is 0.270 e. The van der Waals surface area contributed by atoms with E-state index < -0.39 is 0 Å².